The molecule has 0 bridgehead atoms. The number of hydrogen-bond acceptors (Lipinski definition) is 5. The monoisotopic (exact) mass is 285 g/mol. The molecule has 2 rings (SSSR count). The molecule has 1 aliphatic heterocycles. The molecule has 0 unspecified atom stereocenters. The van der Waals surface area contributed by atoms with Crippen molar-refractivity contribution >= 4 is 21.9 Å². The SMILES string of the molecule is COS(=O)(=O)/C=C1/SC[C@@H](c2ccccc2)N1C. The molecular weight excluding hydrogens is 270 g/mol. The predicted molar refractivity (Wildman–Crippen MR) is 73.4 cm³/mol. The van der Waals surface area contributed by atoms with Gasteiger partial charge in [0.1, 0.15) is 0 Å². The molecule has 1 aromatic rings. The summed E-state index contributed by atoms with van der Waals surface area (Å²) in [6, 6.07) is 10.3. The molecule has 1 saturated heterocycles. The Morgan fingerprint density at radius 1 is 1.39 bits per heavy atom. The zero-order chi connectivity index (χ0) is 13.2. The Morgan fingerprint density at radius 3 is 2.67 bits per heavy atom. The molecule has 0 amide bonds. The molecular formula is C12H15NO3S2. The van der Waals surface area contributed by atoms with E-state index in [-0.39, 0.29) is 6.04 Å². The summed E-state index contributed by atoms with van der Waals surface area (Å²) in [4.78, 5) is 1.97. The summed E-state index contributed by atoms with van der Waals surface area (Å²) in [5, 5.41) is 1.89. The highest BCUT2D eigenvalue weighted by molar-refractivity contribution is 8.04. The first-order valence-corrected chi connectivity index (χ1v) is 7.92. The van der Waals surface area contributed by atoms with Crippen LogP contribution in [0, 0.1) is 0 Å². The van der Waals surface area contributed by atoms with Crippen LogP contribution in [0.2, 0.25) is 0 Å². The lowest BCUT2D eigenvalue weighted by molar-refractivity contribution is 0.371. The molecule has 1 heterocycles. The second-order valence-electron chi connectivity index (χ2n) is 3.96. The van der Waals surface area contributed by atoms with Crippen molar-refractivity contribution in [2.75, 3.05) is 19.9 Å². The van der Waals surface area contributed by atoms with Gasteiger partial charge in [0.05, 0.1) is 23.6 Å². The lowest BCUT2D eigenvalue weighted by Crippen LogP contribution is -2.18. The van der Waals surface area contributed by atoms with Crippen LogP contribution in [-0.2, 0) is 14.3 Å². The maximum Gasteiger partial charge on any atom is 0.292 e. The fourth-order valence-corrected chi connectivity index (χ4v) is 4.03. The normalized spacial score (nSPS) is 22.7. The van der Waals surface area contributed by atoms with Gasteiger partial charge < -0.3 is 4.90 Å². The molecule has 4 nitrogen and oxygen atoms in total. The Bertz CT molecular complexity index is 540. The lowest BCUT2D eigenvalue weighted by Gasteiger charge is -2.21. The highest BCUT2D eigenvalue weighted by Gasteiger charge is 2.28. The molecule has 0 aromatic heterocycles. The number of hydrogen-bond donors (Lipinski definition) is 0. The van der Waals surface area contributed by atoms with Gasteiger partial charge in [-0.15, -0.1) is 11.8 Å². The van der Waals surface area contributed by atoms with Crippen molar-refractivity contribution in [3.05, 3.63) is 46.3 Å². The molecule has 0 radical (unpaired) electrons. The molecule has 1 fully saturated rings. The minimum Gasteiger partial charge on any atom is -0.361 e. The van der Waals surface area contributed by atoms with Crippen molar-refractivity contribution < 1.29 is 12.6 Å². The van der Waals surface area contributed by atoms with Crippen LogP contribution in [0.4, 0.5) is 0 Å². The van der Waals surface area contributed by atoms with E-state index < -0.39 is 10.1 Å². The standard InChI is InChI=1S/C12H15NO3S2/c1-13-11(10-6-4-3-5-7-10)8-17-12(13)9-18(14,15)16-2/h3-7,9,11H,8H2,1-2H3/b12-9+/t11-/m0/s1. The van der Waals surface area contributed by atoms with E-state index in [9.17, 15) is 8.42 Å². The average molecular weight is 285 g/mol. The van der Waals surface area contributed by atoms with E-state index in [0.717, 1.165) is 5.75 Å². The molecule has 98 valence electrons. The number of thioether (sulfide) groups is 1. The fraction of sp³-hybridized carbons (Fsp3) is 0.333. The molecule has 0 spiro atoms. The third-order valence-electron chi connectivity index (χ3n) is 2.87. The Labute approximate surface area is 112 Å². The first kappa shape index (κ1) is 13.5. The zero-order valence-corrected chi connectivity index (χ0v) is 11.9. The average Bonchev–Trinajstić information content (AvgIpc) is 2.72. The molecule has 0 aliphatic carbocycles. The van der Waals surface area contributed by atoms with Gasteiger partial charge in [-0.25, -0.2) is 0 Å². The first-order valence-electron chi connectivity index (χ1n) is 5.46. The Kier molecular flexibility index (Phi) is 3.99. The second-order valence-corrected chi connectivity index (χ2v) is 6.56. The summed E-state index contributed by atoms with van der Waals surface area (Å²) in [5.41, 5.74) is 1.19. The van der Waals surface area contributed by atoms with E-state index in [4.69, 9.17) is 0 Å². The summed E-state index contributed by atoms with van der Waals surface area (Å²) >= 11 is 1.52. The summed E-state index contributed by atoms with van der Waals surface area (Å²) in [6.45, 7) is 0. The topological polar surface area (TPSA) is 46.6 Å². The quantitative estimate of drug-likeness (QED) is 0.797. The van der Waals surface area contributed by atoms with Crippen molar-refractivity contribution in [3.8, 4) is 0 Å². The van der Waals surface area contributed by atoms with E-state index >= 15 is 0 Å². The summed E-state index contributed by atoms with van der Waals surface area (Å²) < 4.78 is 27.3. The van der Waals surface area contributed by atoms with Gasteiger partial charge in [-0.1, -0.05) is 30.3 Å². The maximum absolute atomic E-state index is 11.4. The molecule has 0 saturated carbocycles. The van der Waals surface area contributed by atoms with E-state index in [0.29, 0.717) is 5.03 Å². The number of rotatable bonds is 3. The zero-order valence-electron chi connectivity index (χ0n) is 10.2. The summed E-state index contributed by atoms with van der Waals surface area (Å²) in [6.07, 6.45) is 0. The van der Waals surface area contributed by atoms with Crippen molar-refractivity contribution in [1.29, 1.82) is 0 Å². The van der Waals surface area contributed by atoms with Gasteiger partial charge in [0.25, 0.3) is 10.1 Å². The van der Waals surface area contributed by atoms with Gasteiger partial charge in [-0.2, -0.15) is 8.42 Å². The molecule has 18 heavy (non-hydrogen) atoms. The first-order chi connectivity index (χ1) is 8.53. The third kappa shape index (κ3) is 2.88. The van der Waals surface area contributed by atoms with Crippen LogP contribution in [0.25, 0.3) is 0 Å². The molecule has 1 aliphatic rings. The molecule has 0 N–H and O–H groups in total. The van der Waals surface area contributed by atoms with Gasteiger partial charge in [-0.3, -0.25) is 4.18 Å². The fourth-order valence-electron chi connectivity index (χ4n) is 1.82. The molecule has 6 heteroatoms. The van der Waals surface area contributed by atoms with Crippen LogP contribution in [-0.4, -0.2) is 33.2 Å². The lowest BCUT2D eigenvalue weighted by atomic mass is 10.1. The highest BCUT2D eigenvalue weighted by Crippen LogP contribution is 2.40. The Balaban J connectivity index is 2.23. The molecule has 1 aromatic carbocycles. The van der Waals surface area contributed by atoms with Crippen LogP contribution in [0.5, 0.6) is 0 Å². The largest absolute Gasteiger partial charge is 0.361 e. The summed E-state index contributed by atoms with van der Waals surface area (Å²) in [7, 11) is -0.501. The number of nitrogens with zero attached hydrogens (tertiary/aromatic N) is 1. The van der Waals surface area contributed by atoms with Gasteiger partial charge in [0.2, 0.25) is 0 Å². The van der Waals surface area contributed by atoms with Crippen LogP contribution >= 0.6 is 11.8 Å². The minimum atomic E-state index is -3.57. The maximum atomic E-state index is 11.4. The van der Waals surface area contributed by atoms with E-state index in [1.165, 1.54) is 29.8 Å². The van der Waals surface area contributed by atoms with Gasteiger partial charge in [0, 0.05) is 12.8 Å². The third-order valence-corrected chi connectivity index (χ3v) is 5.18. The van der Waals surface area contributed by atoms with Crippen LogP contribution in [0.15, 0.2) is 40.8 Å². The van der Waals surface area contributed by atoms with E-state index in [1.807, 2.05) is 30.1 Å². The van der Waals surface area contributed by atoms with Crippen LogP contribution < -0.4 is 0 Å². The van der Waals surface area contributed by atoms with E-state index in [2.05, 4.69) is 16.3 Å². The van der Waals surface area contributed by atoms with Crippen molar-refractivity contribution in [2.45, 2.75) is 6.04 Å². The number of benzene rings is 1. The van der Waals surface area contributed by atoms with Gasteiger partial charge >= 0.3 is 0 Å². The summed E-state index contributed by atoms with van der Waals surface area (Å²) in [5.74, 6) is 0.839. The second kappa shape index (κ2) is 5.34. The minimum absolute atomic E-state index is 0.203. The van der Waals surface area contributed by atoms with Crippen molar-refractivity contribution in [2.24, 2.45) is 0 Å². The highest BCUT2D eigenvalue weighted by atomic mass is 32.2. The van der Waals surface area contributed by atoms with Crippen LogP contribution in [0.3, 0.4) is 0 Å². The Hall–Kier alpha value is -0.980. The van der Waals surface area contributed by atoms with Gasteiger partial charge in [0.15, 0.2) is 0 Å². The van der Waals surface area contributed by atoms with E-state index in [1.54, 1.807) is 0 Å². The Morgan fingerprint density at radius 2 is 2.06 bits per heavy atom. The molecule has 1 atom stereocenters. The van der Waals surface area contributed by atoms with Crippen LogP contribution in [0.1, 0.15) is 11.6 Å². The van der Waals surface area contributed by atoms with Gasteiger partial charge in [-0.05, 0) is 5.56 Å². The predicted octanol–water partition coefficient (Wildman–Crippen LogP) is 2.18. The smallest absolute Gasteiger partial charge is 0.292 e. The van der Waals surface area contributed by atoms with Crippen molar-refractivity contribution in [3.63, 3.8) is 0 Å². The van der Waals surface area contributed by atoms with Crippen molar-refractivity contribution in [1.82, 2.24) is 4.90 Å².